The summed E-state index contributed by atoms with van der Waals surface area (Å²) in [6.07, 6.45) is 5.78. The molecule has 9 heteroatoms. The van der Waals surface area contributed by atoms with E-state index in [-0.39, 0.29) is 53.7 Å². The number of rotatable bonds is 10. The molecule has 4 atom stereocenters. The second-order valence-corrected chi connectivity index (χ2v) is 11.9. The van der Waals surface area contributed by atoms with Crippen molar-refractivity contribution < 1.29 is 23.9 Å². The molecule has 0 aromatic carbocycles. The standard InChI is InChI=1S/C29H50N4O5/c1-18(2)24(17-21(7)27(35)33-16-12-14-23(33)29(37)38-20(5)6)32(9)28(36)25(19(3)4)30-26(34)22-13-10-11-15-31(22)8/h17-20,22-25H,10-16H2,1-9H3,(H,30,34)/b21-17+/t22-,23+,24?,25+/m1/s1. The Hall–Kier alpha value is -2.42. The maximum Gasteiger partial charge on any atom is 0.329 e. The third-order valence-corrected chi connectivity index (χ3v) is 7.68. The second-order valence-electron chi connectivity index (χ2n) is 11.9. The largest absolute Gasteiger partial charge is 0.461 e. The zero-order chi connectivity index (χ0) is 28.7. The van der Waals surface area contributed by atoms with Crippen LogP contribution in [0.5, 0.6) is 0 Å². The number of piperidine rings is 1. The Morgan fingerprint density at radius 3 is 2.11 bits per heavy atom. The molecule has 216 valence electrons. The van der Waals surface area contributed by atoms with Crippen LogP contribution in [-0.2, 0) is 23.9 Å². The molecule has 0 spiro atoms. The van der Waals surface area contributed by atoms with Crippen molar-refractivity contribution in [2.24, 2.45) is 11.8 Å². The van der Waals surface area contributed by atoms with E-state index in [4.69, 9.17) is 4.74 Å². The molecule has 2 heterocycles. The van der Waals surface area contributed by atoms with Crippen LogP contribution >= 0.6 is 0 Å². The van der Waals surface area contributed by atoms with Gasteiger partial charge in [-0.1, -0.05) is 40.2 Å². The van der Waals surface area contributed by atoms with Gasteiger partial charge in [-0.25, -0.2) is 4.79 Å². The van der Waals surface area contributed by atoms with E-state index >= 15 is 0 Å². The molecule has 9 nitrogen and oxygen atoms in total. The van der Waals surface area contributed by atoms with Gasteiger partial charge >= 0.3 is 5.97 Å². The van der Waals surface area contributed by atoms with Gasteiger partial charge in [0.05, 0.1) is 18.2 Å². The number of likely N-dealkylation sites (N-methyl/N-ethyl adjacent to an activating group) is 2. The first kappa shape index (κ1) is 31.8. The Morgan fingerprint density at radius 1 is 0.921 bits per heavy atom. The lowest BCUT2D eigenvalue weighted by atomic mass is 9.96. The van der Waals surface area contributed by atoms with Gasteiger partial charge in [-0.15, -0.1) is 0 Å². The summed E-state index contributed by atoms with van der Waals surface area (Å²) in [5.74, 6) is -0.940. The molecule has 1 N–H and O–H groups in total. The average molecular weight is 535 g/mol. The van der Waals surface area contributed by atoms with Gasteiger partial charge in [0.1, 0.15) is 12.1 Å². The average Bonchev–Trinajstić information content (AvgIpc) is 3.34. The van der Waals surface area contributed by atoms with Crippen LogP contribution in [0.2, 0.25) is 0 Å². The summed E-state index contributed by atoms with van der Waals surface area (Å²) < 4.78 is 5.37. The van der Waals surface area contributed by atoms with E-state index in [0.29, 0.717) is 18.5 Å². The fourth-order valence-corrected chi connectivity index (χ4v) is 5.41. The van der Waals surface area contributed by atoms with E-state index in [1.165, 1.54) is 0 Å². The minimum Gasteiger partial charge on any atom is -0.461 e. The number of esters is 1. The Balaban J connectivity index is 2.19. The first-order valence-electron chi connectivity index (χ1n) is 14.2. The predicted molar refractivity (Wildman–Crippen MR) is 148 cm³/mol. The molecule has 0 saturated carbocycles. The van der Waals surface area contributed by atoms with E-state index in [9.17, 15) is 19.2 Å². The van der Waals surface area contributed by atoms with E-state index in [2.05, 4.69) is 10.2 Å². The zero-order valence-electron chi connectivity index (χ0n) is 25.0. The number of nitrogens with one attached hydrogen (secondary N) is 1. The molecular weight excluding hydrogens is 484 g/mol. The molecule has 2 aliphatic heterocycles. The van der Waals surface area contributed by atoms with Gasteiger partial charge in [0.25, 0.3) is 0 Å². The van der Waals surface area contributed by atoms with Crippen molar-refractivity contribution in [1.82, 2.24) is 20.0 Å². The van der Waals surface area contributed by atoms with Crippen LogP contribution in [-0.4, -0.2) is 95.8 Å². The number of nitrogens with zero attached hydrogens (tertiary/aromatic N) is 3. The monoisotopic (exact) mass is 534 g/mol. The van der Waals surface area contributed by atoms with Gasteiger partial charge in [0, 0.05) is 19.2 Å². The molecule has 2 rings (SSSR count). The van der Waals surface area contributed by atoms with Gasteiger partial charge in [0.15, 0.2) is 0 Å². The molecule has 0 aromatic rings. The number of ether oxygens (including phenoxy) is 1. The lowest BCUT2D eigenvalue weighted by Crippen LogP contribution is -2.57. The van der Waals surface area contributed by atoms with Crippen LogP contribution in [0.1, 0.15) is 80.6 Å². The molecule has 2 saturated heterocycles. The molecular formula is C29H50N4O5. The highest BCUT2D eigenvalue weighted by molar-refractivity contribution is 5.96. The summed E-state index contributed by atoms with van der Waals surface area (Å²) in [6.45, 7) is 14.6. The summed E-state index contributed by atoms with van der Waals surface area (Å²) in [7, 11) is 3.68. The number of likely N-dealkylation sites (tertiary alicyclic amines) is 2. The van der Waals surface area contributed by atoms with E-state index in [1.807, 2.05) is 40.8 Å². The number of hydrogen-bond acceptors (Lipinski definition) is 6. The summed E-state index contributed by atoms with van der Waals surface area (Å²) in [4.78, 5) is 58.0. The Morgan fingerprint density at radius 2 is 1.55 bits per heavy atom. The predicted octanol–water partition coefficient (Wildman–Crippen LogP) is 2.98. The van der Waals surface area contributed by atoms with Crippen LogP contribution in [0.3, 0.4) is 0 Å². The lowest BCUT2D eigenvalue weighted by molar-refractivity contribution is -0.155. The minimum atomic E-state index is -0.665. The van der Waals surface area contributed by atoms with Crippen LogP contribution in [0.4, 0.5) is 0 Å². The van der Waals surface area contributed by atoms with E-state index in [0.717, 1.165) is 32.2 Å². The van der Waals surface area contributed by atoms with Gasteiger partial charge in [-0.05, 0) is 71.9 Å². The maximum absolute atomic E-state index is 13.7. The third-order valence-electron chi connectivity index (χ3n) is 7.68. The molecule has 3 amide bonds. The van der Waals surface area contributed by atoms with Crippen LogP contribution in [0, 0.1) is 11.8 Å². The van der Waals surface area contributed by atoms with Crippen LogP contribution in [0.15, 0.2) is 11.6 Å². The zero-order valence-corrected chi connectivity index (χ0v) is 25.0. The van der Waals surface area contributed by atoms with Crippen molar-refractivity contribution in [2.45, 2.75) is 111 Å². The summed E-state index contributed by atoms with van der Waals surface area (Å²) in [6, 6.07) is -1.82. The molecule has 0 aromatic heterocycles. The Labute approximate surface area is 229 Å². The third kappa shape index (κ3) is 8.04. The molecule has 2 aliphatic rings. The van der Waals surface area contributed by atoms with E-state index < -0.39 is 12.1 Å². The van der Waals surface area contributed by atoms with Crippen molar-refractivity contribution in [2.75, 3.05) is 27.2 Å². The van der Waals surface area contributed by atoms with E-state index in [1.54, 1.807) is 37.6 Å². The lowest BCUT2D eigenvalue weighted by Gasteiger charge is -2.36. The second kappa shape index (κ2) is 14.1. The summed E-state index contributed by atoms with van der Waals surface area (Å²) >= 11 is 0. The molecule has 38 heavy (non-hydrogen) atoms. The molecule has 0 aliphatic carbocycles. The highest BCUT2D eigenvalue weighted by Gasteiger charge is 2.37. The van der Waals surface area contributed by atoms with Gasteiger partial charge < -0.3 is 19.9 Å². The number of amides is 3. The molecule has 2 fully saturated rings. The highest BCUT2D eigenvalue weighted by Crippen LogP contribution is 2.23. The quantitative estimate of drug-likeness (QED) is 0.342. The number of hydrogen-bond donors (Lipinski definition) is 1. The van der Waals surface area contributed by atoms with Gasteiger partial charge in [0.2, 0.25) is 17.7 Å². The normalized spacial score (nSPS) is 22.5. The topological polar surface area (TPSA) is 99.3 Å². The van der Waals surface area contributed by atoms with Crippen molar-refractivity contribution in [1.29, 1.82) is 0 Å². The molecule has 0 bridgehead atoms. The van der Waals surface area contributed by atoms with Crippen molar-refractivity contribution in [3.8, 4) is 0 Å². The fraction of sp³-hybridized carbons (Fsp3) is 0.793. The molecule has 1 unspecified atom stereocenters. The van der Waals surface area contributed by atoms with Crippen molar-refractivity contribution in [3.05, 3.63) is 11.6 Å². The Kier molecular flexibility index (Phi) is 11.8. The number of carbonyl (C=O) groups is 4. The van der Waals surface area contributed by atoms with Crippen molar-refractivity contribution in [3.63, 3.8) is 0 Å². The van der Waals surface area contributed by atoms with Gasteiger partial charge in [-0.2, -0.15) is 0 Å². The SMILES string of the molecule is C/C(=C\C(C(C)C)N(C)C(=O)[C@@H](NC(=O)[C@H]1CCCCN1C)C(C)C)C(=O)N1CCC[C@H]1C(=O)OC(C)C. The summed E-state index contributed by atoms with van der Waals surface area (Å²) in [5, 5.41) is 3.03. The number of carbonyl (C=O) groups excluding carboxylic acids is 4. The first-order valence-corrected chi connectivity index (χ1v) is 14.2. The fourth-order valence-electron chi connectivity index (χ4n) is 5.41. The summed E-state index contributed by atoms with van der Waals surface area (Å²) in [5.41, 5.74) is 0.488. The Bertz CT molecular complexity index is 884. The van der Waals surface area contributed by atoms with Crippen LogP contribution < -0.4 is 5.32 Å². The maximum atomic E-state index is 13.7. The van der Waals surface area contributed by atoms with Crippen LogP contribution in [0.25, 0.3) is 0 Å². The smallest absolute Gasteiger partial charge is 0.329 e. The van der Waals surface area contributed by atoms with Crippen molar-refractivity contribution >= 4 is 23.7 Å². The highest BCUT2D eigenvalue weighted by atomic mass is 16.5. The minimum absolute atomic E-state index is 0.0278. The first-order chi connectivity index (χ1) is 17.8. The van der Waals surface area contributed by atoms with Gasteiger partial charge in [-0.3, -0.25) is 19.3 Å². The molecule has 0 radical (unpaired) electrons.